The zero-order chi connectivity index (χ0) is 12.5. The summed E-state index contributed by atoms with van der Waals surface area (Å²) in [5.41, 5.74) is 1.27. The molecule has 0 saturated heterocycles. The van der Waals surface area contributed by atoms with Gasteiger partial charge >= 0.3 is 0 Å². The molecule has 96 valence electrons. The number of thioether (sulfide) groups is 1. The van der Waals surface area contributed by atoms with Gasteiger partial charge in [0.25, 0.3) is 0 Å². The second-order valence-electron chi connectivity index (χ2n) is 4.17. The number of hydrogen-bond donors (Lipinski definition) is 0. The monoisotopic (exact) mass is 272 g/mol. The third-order valence-corrected chi connectivity index (χ3v) is 4.01. The highest BCUT2D eigenvalue weighted by atomic mass is 35.5. The smallest absolute Gasteiger partial charge is 0.122 e. The number of rotatable bonds is 8. The molecule has 0 bridgehead atoms. The van der Waals surface area contributed by atoms with Gasteiger partial charge in [0.15, 0.2) is 0 Å². The number of para-hydroxylation sites is 1. The van der Waals surface area contributed by atoms with Gasteiger partial charge in [-0.3, -0.25) is 0 Å². The van der Waals surface area contributed by atoms with Crippen molar-refractivity contribution in [1.29, 1.82) is 0 Å². The molecule has 0 saturated carbocycles. The highest BCUT2D eigenvalue weighted by Gasteiger charge is 2.11. The molecule has 1 rings (SSSR count). The second kappa shape index (κ2) is 8.71. The summed E-state index contributed by atoms with van der Waals surface area (Å²) in [5.74, 6) is 3.48. The number of hydrogen-bond acceptors (Lipinski definition) is 2. The zero-order valence-corrected chi connectivity index (χ0v) is 12.2. The van der Waals surface area contributed by atoms with E-state index in [0.717, 1.165) is 18.1 Å². The van der Waals surface area contributed by atoms with Crippen molar-refractivity contribution in [3.63, 3.8) is 0 Å². The molecule has 1 nitrogen and oxygen atoms in total. The minimum absolute atomic E-state index is 0.556. The lowest BCUT2D eigenvalue weighted by molar-refractivity contribution is 0.404. The Kier molecular flexibility index (Phi) is 7.54. The van der Waals surface area contributed by atoms with Crippen LogP contribution < -0.4 is 4.74 Å². The topological polar surface area (TPSA) is 9.23 Å². The molecule has 1 aromatic carbocycles. The van der Waals surface area contributed by atoms with Gasteiger partial charge in [0.2, 0.25) is 0 Å². The molecule has 0 heterocycles. The number of halogens is 1. The van der Waals surface area contributed by atoms with E-state index < -0.39 is 0 Å². The fourth-order valence-electron chi connectivity index (χ4n) is 1.93. The largest absolute Gasteiger partial charge is 0.496 e. The van der Waals surface area contributed by atoms with Crippen LogP contribution in [0.1, 0.15) is 18.4 Å². The molecule has 1 atom stereocenters. The van der Waals surface area contributed by atoms with Crippen LogP contribution in [0.3, 0.4) is 0 Å². The van der Waals surface area contributed by atoms with Crippen molar-refractivity contribution >= 4 is 23.4 Å². The van der Waals surface area contributed by atoms with Crippen molar-refractivity contribution in [2.45, 2.75) is 19.3 Å². The van der Waals surface area contributed by atoms with Gasteiger partial charge in [-0.2, -0.15) is 11.8 Å². The van der Waals surface area contributed by atoms with Crippen LogP contribution in [0.25, 0.3) is 0 Å². The normalized spacial score (nSPS) is 12.4. The standard InChI is InChI=1S/C14H21ClOS/c1-16-14-8-4-3-7-13(14)10-12(11-15)6-5-9-17-2/h3-4,7-8,12H,5-6,9-11H2,1-2H3. The number of methoxy groups -OCH3 is 1. The van der Waals surface area contributed by atoms with Gasteiger partial charge in [-0.15, -0.1) is 11.6 Å². The maximum absolute atomic E-state index is 6.04. The zero-order valence-electron chi connectivity index (χ0n) is 10.6. The summed E-state index contributed by atoms with van der Waals surface area (Å²) in [6.45, 7) is 0. The van der Waals surface area contributed by atoms with Crippen molar-refractivity contribution in [2.24, 2.45) is 5.92 Å². The van der Waals surface area contributed by atoms with Gasteiger partial charge in [-0.05, 0) is 48.8 Å². The van der Waals surface area contributed by atoms with E-state index in [1.54, 1.807) is 7.11 Å². The summed E-state index contributed by atoms with van der Waals surface area (Å²) in [6, 6.07) is 8.21. The Morgan fingerprint density at radius 3 is 2.76 bits per heavy atom. The van der Waals surface area contributed by atoms with Crippen LogP contribution in [0.15, 0.2) is 24.3 Å². The highest BCUT2D eigenvalue weighted by Crippen LogP contribution is 2.24. The van der Waals surface area contributed by atoms with Crippen molar-refractivity contribution < 1.29 is 4.74 Å². The Balaban J connectivity index is 2.54. The maximum Gasteiger partial charge on any atom is 0.122 e. The summed E-state index contributed by atoms with van der Waals surface area (Å²) in [4.78, 5) is 0. The Labute approximate surface area is 114 Å². The first-order valence-corrected chi connectivity index (χ1v) is 7.91. The van der Waals surface area contributed by atoms with E-state index in [-0.39, 0.29) is 0 Å². The van der Waals surface area contributed by atoms with E-state index in [2.05, 4.69) is 18.4 Å². The van der Waals surface area contributed by atoms with Crippen LogP contribution in [0.4, 0.5) is 0 Å². The van der Waals surface area contributed by atoms with Crippen LogP contribution in [0.5, 0.6) is 5.75 Å². The van der Waals surface area contributed by atoms with Crippen LogP contribution in [0.2, 0.25) is 0 Å². The Bertz CT molecular complexity index is 317. The molecule has 0 aliphatic carbocycles. The quantitative estimate of drug-likeness (QED) is 0.517. The summed E-state index contributed by atoms with van der Waals surface area (Å²) >= 11 is 7.94. The Hall–Kier alpha value is -0.340. The van der Waals surface area contributed by atoms with Crippen molar-refractivity contribution in [3.8, 4) is 5.75 Å². The lowest BCUT2D eigenvalue weighted by atomic mass is 9.96. The SMILES string of the molecule is COc1ccccc1CC(CCl)CCCSC. The molecule has 0 fully saturated rings. The highest BCUT2D eigenvalue weighted by molar-refractivity contribution is 7.98. The minimum atomic E-state index is 0.556. The fourth-order valence-corrected chi connectivity index (χ4v) is 2.65. The predicted octanol–water partition coefficient (Wildman–Crippen LogP) is 4.24. The molecular formula is C14H21ClOS. The van der Waals surface area contributed by atoms with Crippen LogP contribution in [0, 0.1) is 5.92 Å². The van der Waals surface area contributed by atoms with Gasteiger partial charge < -0.3 is 4.74 Å². The molecule has 0 N–H and O–H groups in total. The molecule has 17 heavy (non-hydrogen) atoms. The third-order valence-electron chi connectivity index (χ3n) is 2.88. The first-order chi connectivity index (χ1) is 8.31. The average molecular weight is 273 g/mol. The molecule has 0 aromatic heterocycles. The van der Waals surface area contributed by atoms with E-state index in [9.17, 15) is 0 Å². The molecule has 0 amide bonds. The van der Waals surface area contributed by atoms with Gasteiger partial charge in [0, 0.05) is 5.88 Å². The first-order valence-electron chi connectivity index (χ1n) is 5.98. The van der Waals surface area contributed by atoms with Crippen molar-refractivity contribution in [3.05, 3.63) is 29.8 Å². The van der Waals surface area contributed by atoms with E-state index in [0.29, 0.717) is 5.92 Å². The Morgan fingerprint density at radius 2 is 2.12 bits per heavy atom. The first kappa shape index (κ1) is 14.7. The van der Waals surface area contributed by atoms with Crippen molar-refractivity contribution in [2.75, 3.05) is 25.0 Å². The average Bonchev–Trinajstić information content (AvgIpc) is 2.38. The lowest BCUT2D eigenvalue weighted by Crippen LogP contribution is -2.08. The van der Waals surface area contributed by atoms with Gasteiger partial charge in [-0.1, -0.05) is 18.2 Å². The maximum atomic E-state index is 6.04. The summed E-state index contributed by atoms with van der Waals surface area (Å²) < 4.78 is 5.37. The number of alkyl halides is 1. The molecule has 0 spiro atoms. The summed E-state index contributed by atoms with van der Waals surface area (Å²) in [5, 5.41) is 0. The van der Waals surface area contributed by atoms with E-state index in [1.165, 1.54) is 24.2 Å². The molecule has 1 aromatic rings. The summed E-state index contributed by atoms with van der Waals surface area (Å²) in [6.07, 6.45) is 5.61. The third kappa shape index (κ3) is 5.22. The molecule has 0 radical (unpaired) electrons. The molecule has 0 aliphatic rings. The van der Waals surface area contributed by atoms with E-state index in [4.69, 9.17) is 16.3 Å². The second-order valence-corrected chi connectivity index (χ2v) is 5.47. The van der Waals surface area contributed by atoms with E-state index >= 15 is 0 Å². The van der Waals surface area contributed by atoms with Gasteiger partial charge in [0.05, 0.1) is 7.11 Å². The van der Waals surface area contributed by atoms with Crippen LogP contribution >= 0.6 is 23.4 Å². The molecule has 0 aliphatic heterocycles. The number of ether oxygens (including phenoxy) is 1. The van der Waals surface area contributed by atoms with Crippen molar-refractivity contribution in [1.82, 2.24) is 0 Å². The van der Waals surface area contributed by atoms with Crippen LogP contribution in [-0.4, -0.2) is 25.0 Å². The predicted molar refractivity (Wildman–Crippen MR) is 78.5 cm³/mol. The van der Waals surface area contributed by atoms with Gasteiger partial charge in [0.1, 0.15) is 5.75 Å². The van der Waals surface area contributed by atoms with E-state index in [1.807, 2.05) is 23.9 Å². The Morgan fingerprint density at radius 1 is 1.35 bits per heavy atom. The summed E-state index contributed by atoms with van der Waals surface area (Å²) in [7, 11) is 1.72. The fraction of sp³-hybridized carbons (Fsp3) is 0.571. The van der Waals surface area contributed by atoms with Crippen LogP contribution in [-0.2, 0) is 6.42 Å². The number of benzene rings is 1. The van der Waals surface area contributed by atoms with Gasteiger partial charge in [-0.25, -0.2) is 0 Å². The minimum Gasteiger partial charge on any atom is -0.496 e. The molecular weight excluding hydrogens is 252 g/mol. The molecule has 1 unspecified atom stereocenters. The lowest BCUT2D eigenvalue weighted by Gasteiger charge is -2.15. The molecule has 3 heteroatoms.